The van der Waals surface area contributed by atoms with Crippen LogP contribution in [-0.4, -0.2) is 9.97 Å². The number of aryl methyl sites for hydroxylation is 2. The molecular weight excluding hydrogens is 371 g/mol. The van der Waals surface area contributed by atoms with Crippen LogP contribution in [0, 0.1) is 19.7 Å². The lowest BCUT2D eigenvalue weighted by molar-refractivity contribution is 0.628. The SMILES string of the molecule is Cc1ccc(Nc2cc(Nc3cccc(F)c3)nc(C)n2)c(Br)c1. The zero-order valence-electron chi connectivity index (χ0n) is 13.3. The molecule has 0 spiro atoms. The quantitative estimate of drug-likeness (QED) is 0.622. The van der Waals surface area contributed by atoms with E-state index in [0.29, 0.717) is 23.1 Å². The normalized spacial score (nSPS) is 10.5. The average molecular weight is 387 g/mol. The molecular formula is C18H16BrFN4. The first-order valence-corrected chi connectivity index (χ1v) is 8.20. The second kappa shape index (κ2) is 6.97. The molecule has 4 nitrogen and oxygen atoms in total. The van der Waals surface area contributed by atoms with E-state index in [2.05, 4.69) is 36.5 Å². The Kier molecular flexibility index (Phi) is 4.76. The Balaban J connectivity index is 1.86. The van der Waals surface area contributed by atoms with Crippen molar-refractivity contribution in [1.82, 2.24) is 9.97 Å². The molecule has 3 aromatic rings. The summed E-state index contributed by atoms with van der Waals surface area (Å²) in [5, 5.41) is 6.36. The van der Waals surface area contributed by atoms with Crippen LogP contribution in [0.25, 0.3) is 0 Å². The largest absolute Gasteiger partial charge is 0.340 e. The predicted molar refractivity (Wildman–Crippen MR) is 98.6 cm³/mol. The highest BCUT2D eigenvalue weighted by Gasteiger charge is 2.06. The Morgan fingerprint density at radius 1 is 0.917 bits per heavy atom. The molecule has 0 aliphatic carbocycles. The van der Waals surface area contributed by atoms with Crippen LogP contribution in [0.4, 0.5) is 27.4 Å². The van der Waals surface area contributed by atoms with Crippen molar-refractivity contribution in [2.75, 3.05) is 10.6 Å². The van der Waals surface area contributed by atoms with Gasteiger partial charge in [-0.05, 0) is 65.7 Å². The minimum Gasteiger partial charge on any atom is -0.340 e. The van der Waals surface area contributed by atoms with Gasteiger partial charge in [-0.1, -0.05) is 12.1 Å². The van der Waals surface area contributed by atoms with Crippen LogP contribution < -0.4 is 10.6 Å². The Bertz CT molecular complexity index is 883. The van der Waals surface area contributed by atoms with Gasteiger partial charge < -0.3 is 10.6 Å². The molecule has 0 fully saturated rings. The maximum Gasteiger partial charge on any atom is 0.136 e. The highest BCUT2D eigenvalue weighted by Crippen LogP contribution is 2.27. The first kappa shape index (κ1) is 16.4. The Labute approximate surface area is 148 Å². The number of benzene rings is 2. The molecule has 2 N–H and O–H groups in total. The van der Waals surface area contributed by atoms with E-state index in [1.807, 2.05) is 32.0 Å². The fourth-order valence-corrected chi connectivity index (χ4v) is 2.86. The summed E-state index contributed by atoms with van der Waals surface area (Å²) in [6.07, 6.45) is 0. The number of hydrogen-bond donors (Lipinski definition) is 2. The fourth-order valence-electron chi connectivity index (χ4n) is 2.27. The van der Waals surface area contributed by atoms with E-state index in [-0.39, 0.29) is 5.82 Å². The van der Waals surface area contributed by atoms with Gasteiger partial charge in [-0.2, -0.15) is 0 Å². The van der Waals surface area contributed by atoms with Crippen LogP contribution in [0.5, 0.6) is 0 Å². The molecule has 3 rings (SSSR count). The Morgan fingerprint density at radius 2 is 1.67 bits per heavy atom. The summed E-state index contributed by atoms with van der Waals surface area (Å²) in [6.45, 7) is 3.84. The molecule has 24 heavy (non-hydrogen) atoms. The molecule has 0 amide bonds. The van der Waals surface area contributed by atoms with Gasteiger partial charge >= 0.3 is 0 Å². The molecule has 0 atom stereocenters. The van der Waals surface area contributed by atoms with Crippen molar-refractivity contribution >= 4 is 38.9 Å². The van der Waals surface area contributed by atoms with Gasteiger partial charge in [0.1, 0.15) is 23.3 Å². The average Bonchev–Trinajstić information content (AvgIpc) is 2.49. The molecule has 6 heteroatoms. The zero-order chi connectivity index (χ0) is 17.1. The molecule has 0 aliphatic rings. The van der Waals surface area contributed by atoms with Crippen molar-refractivity contribution in [1.29, 1.82) is 0 Å². The van der Waals surface area contributed by atoms with Crippen LogP contribution >= 0.6 is 15.9 Å². The lowest BCUT2D eigenvalue weighted by Crippen LogP contribution is -2.02. The third-order valence-corrected chi connectivity index (χ3v) is 3.98. The van der Waals surface area contributed by atoms with Crippen LogP contribution in [0.2, 0.25) is 0 Å². The first-order valence-electron chi connectivity index (χ1n) is 7.41. The van der Waals surface area contributed by atoms with E-state index in [4.69, 9.17) is 0 Å². The number of nitrogens with zero attached hydrogens (tertiary/aromatic N) is 2. The highest BCUT2D eigenvalue weighted by molar-refractivity contribution is 9.10. The van der Waals surface area contributed by atoms with Gasteiger partial charge in [0.25, 0.3) is 0 Å². The summed E-state index contributed by atoms with van der Waals surface area (Å²) in [5.74, 6) is 1.57. The standard InChI is InChI=1S/C18H16BrFN4/c1-11-6-7-16(15(19)8-11)24-18-10-17(21-12(2)22-18)23-14-5-3-4-13(20)9-14/h3-10H,1-2H3,(H2,21,22,23,24). The van der Waals surface area contributed by atoms with E-state index in [9.17, 15) is 4.39 Å². The lowest BCUT2D eigenvalue weighted by Gasteiger charge is -2.12. The summed E-state index contributed by atoms with van der Waals surface area (Å²) in [5.41, 5.74) is 2.71. The summed E-state index contributed by atoms with van der Waals surface area (Å²) in [4.78, 5) is 8.74. The molecule has 0 bridgehead atoms. The van der Waals surface area contributed by atoms with E-state index in [1.165, 1.54) is 17.7 Å². The molecule has 0 radical (unpaired) electrons. The summed E-state index contributed by atoms with van der Waals surface area (Å²) >= 11 is 3.54. The fraction of sp³-hybridized carbons (Fsp3) is 0.111. The smallest absolute Gasteiger partial charge is 0.136 e. The van der Waals surface area contributed by atoms with Gasteiger partial charge in [-0.15, -0.1) is 0 Å². The van der Waals surface area contributed by atoms with Gasteiger partial charge in [0.15, 0.2) is 0 Å². The minimum atomic E-state index is -0.298. The second-order valence-corrected chi connectivity index (χ2v) is 6.28. The van der Waals surface area contributed by atoms with E-state index in [1.54, 1.807) is 18.2 Å². The Hall–Kier alpha value is -2.47. The monoisotopic (exact) mass is 386 g/mol. The van der Waals surface area contributed by atoms with Gasteiger partial charge in [0, 0.05) is 16.2 Å². The first-order chi connectivity index (χ1) is 11.5. The van der Waals surface area contributed by atoms with Crippen molar-refractivity contribution in [3.05, 3.63) is 70.2 Å². The minimum absolute atomic E-state index is 0.298. The topological polar surface area (TPSA) is 49.8 Å². The summed E-state index contributed by atoms with van der Waals surface area (Å²) in [6, 6.07) is 14.1. The number of hydrogen-bond acceptors (Lipinski definition) is 4. The van der Waals surface area contributed by atoms with Gasteiger partial charge in [0.2, 0.25) is 0 Å². The Morgan fingerprint density at radius 3 is 2.38 bits per heavy atom. The highest BCUT2D eigenvalue weighted by atomic mass is 79.9. The number of anilines is 4. The molecule has 0 saturated heterocycles. The predicted octanol–water partition coefficient (Wildman–Crippen LogP) is 5.48. The van der Waals surface area contributed by atoms with Gasteiger partial charge in [0.05, 0.1) is 5.69 Å². The van der Waals surface area contributed by atoms with Gasteiger partial charge in [-0.3, -0.25) is 0 Å². The zero-order valence-corrected chi connectivity index (χ0v) is 14.9. The molecule has 1 heterocycles. The third kappa shape index (κ3) is 4.08. The number of rotatable bonds is 4. The van der Waals surface area contributed by atoms with Crippen LogP contribution in [0.15, 0.2) is 53.0 Å². The van der Waals surface area contributed by atoms with Crippen LogP contribution in [0.1, 0.15) is 11.4 Å². The molecule has 0 aliphatic heterocycles. The lowest BCUT2D eigenvalue weighted by atomic mass is 10.2. The summed E-state index contributed by atoms with van der Waals surface area (Å²) < 4.78 is 14.3. The number of halogens is 2. The molecule has 122 valence electrons. The van der Waals surface area contributed by atoms with Crippen LogP contribution in [0.3, 0.4) is 0 Å². The maximum atomic E-state index is 13.3. The van der Waals surface area contributed by atoms with E-state index >= 15 is 0 Å². The summed E-state index contributed by atoms with van der Waals surface area (Å²) in [7, 11) is 0. The number of nitrogens with one attached hydrogen (secondary N) is 2. The molecule has 0 saturated carbocycles. The van der Waals surface area contributed by atoms with E-state index < -0.39 is 0 Å². The maximum absolute atomic E-state index is 13.3. The molecule has 2 aromatic carbocycles. The number of aromatic nitrogens is 2. The second-order valence-electron chi connectivity index (χ2n) is 5.43. The van der Waals surface area contributed by atoms with Crippen molar-refractivity contribution in [3.63, 3.8) is 0 Å². The van der Waals surface area contributed by atoms with Gasteiger partial charge in [-0.25, -0.2) is 14.4 Å². The van der Waals surface area contributed by atoms with Crippen LogP contribution in [-0.2, 0) is 0 Å². The van der Waals surface area contributed by atoms with Crippen molar-refractivity contribution in [2.24, 2.45) is 0 Å². The third-order valence-electron chi connectivity index (χ3n) is 3.32. The van der Waals surface area contributed by atoms with E-state index in [0.717, 1.165) is 10.2 Å². The molecule has 0 unspecified atom stereocenters. The molecule has 1 aromatic heterocycles. The van der Waals surface area contributed by atoms with Crippen molar-refractivity contribution < 1.29 is 4.39 Å². The van der Waals surface area contributed by atoms with Crippen molar-refractivity contribution in [2.45, 2.75) is 13.8 Å². The van der Waals surface area contributed by atoms with Crippen molar-refractivity contribution in [3.8, 4) is 0 Å².